The lowest BCUT2D eigenvalue weighted by atomic mass is 9.52. The highest BCUT2D eigenvalue weighted by Crippen LogP contribution is 2.59. The zero-order chi connectivity index (χ0) is 17.2. The van der Waals surface area contributed by atoms with Gasteiger partial charge >= 0.3 is 0 Å². The zero-order valence-corrected chi connectivity index (χ0v) is 18.2. The molecule has 24 heavy (non-hydrogen) atoms. The molecule has 0 aliphatic heterocycles. The summed E-state index contributed by atoms with van der Waals surface area (Å²) in [6.45, 7) is 8.79. The van der Waals surface area contributed by atoms with Crippen LogP contribution < -0.4 is 0 Å². The van der Waals surface area contributed by atoms with Gasteiger partial charge in [0.15, 0.2) is 0 Å². The topological polar surface area (TPSA) is 0 Å². The van der Waals surface area contributed by atoms with Crippen LogP contribution in [0.3, 0.4) is 0 Å². The van der Waals surface area contributed by atoms with E-state index in [1.165, 1.54) is 36.3 Å². The molecular weight excluding hydrogens is 326 g/mol. The molecule has 4 fully saturated rings. The van der Waals surface area contributed by atoms with Gasteiger partial charge in [-0.25, -0.2) is 0 Å². The molecule has 5 rings (SSSR count). The van der Waals surface area contributed by atoms with Gasteiger partial charge in [0, 0.05) is 27.3 Å². The van der Waals surface area contributed by atoms with Gasteiger partial charge in [0.1, 0.15) is 6.54 Å². The van der Waals surface area contributed by atoms with E-state index in [9.17, 15) is 0 Å². The van der Waals surface area contributed by atoms with Crippen LogP contribution in [0.1, 0.15) is 49.0 Å². The minimum absolute atomic E-state index is 0.592. The van der Waals surface area contributed by atoms with Crippen molar-refractivity contribution in [3.05, 3.63) is 21.9 Å². The van der Waals surface area contributed by atoms with Gasteiger partial charge in [-0.05, 0) is 60.1 Å². The van der Waals surface area contributed by atoms with Crippen LogP contribution in [0.4, 0.5) is 0 Å². The van der Waals surface area contributed by atoms with Crippen LogP contribution in [-0.2, 0) is 12.6 Å². The van der Waals surface area contributed by atoms with Crippen molar-refractivity contribution in [3.8, 4) is 0 Å². The molecule has 1 heterocycles. The Morgan fingerprint density at radius 3 is 2.08 bits per heavy atom. The van der Waals surface area contributed by atoms with Crippen LogP contribution in [0, 0.1) is 17.8 Å². The molecule has 134 valence electrons. The molecule has 4 saturated carbocycles. The lowest BCUT2D eigenvalue weighted by Crippen LogP contribution is -2.66. The summed E-state index contributed by atoms with van der Waals surface area (Å²) in [6.07, 6.45) is 9.21. The number of rotatable bonds is 5. The average molecular weight is 363 g/mol. The van der Waals surface area contributed by atoms with E-state index in [0.717, 1.165) is 17.8 Å². The predicted molar refractivity (Wildman–Crippen MR) is 108 cm³/mol. The lowest BCUT2D eigenvalue weighted by Gasteiger charge is -2.62. The number of nitrogens with zero attached hydrogens (tertiary/aromatic N) is 1. The van der Waals surface area contributed by atoms with Gasteiger partial charge in [-0.2, -0.15) is 0 Å². The SMILES string of the molecule is C[N+](C)(Cc1sccc1C[Si](C)(C)C)C12CC3CC(CC(C3)C1)C2. The van der Waals surface area contributed by atoms with E-state index in [2.05, 4.69) is 45.2 Å². The van der Waals surface area contributed by atoms with Gasteiger partial charge in [0.25, 0.3) is 0 Å². The van der Waals surface area contributed by atoms with Crippen molar-refractivity contribution in [2.45, 2.75) is 76.3 Å². The molecule has 0 saturated heterocycles. The third-order valence-corrected chi connectivity index (χ3v) is 9.78. The van der Waals surface area contributed by atoms with Crippen LogP contribution in [-0.4, -0.2) is 32.2 Å². The standard InChI is InChI=1S/C21H36NSSi/c1-22(2,14-20-19(6-7-23-20)15-24(3,4)5)21-11-16-8-17(12-21)10-18(9-16)13-21/h6-7,16-18H,8-15H2,1-5H3/q+1. The summed E-state index contributed by atoms with van der Waals surface area (Å²) in [6, 6.07) is 3.78. The van der Waals surface area contributed by atoms with E-state index in [4.69, 9.17) is 0 Å². The van der Waals surface area contributed by atoms with Crippen LogP contribution in [0.25, 0.3) is 0 Å². The van der Waals surface area contributed by atoms with E-state index in [1.54, 1.807) is 29.7 Å². The van der Waals surface area contributed by atoms with Gasteiger partial charge in [-0.3, -0.25) is 0 Å². The largest absolute Gasteiger partial charge is 0.319 e. The van der Waals surface area contributed by atoms with E-state index in [0.29, 0.717) is 5.54 Å². The molecular formula is C21H36NSSi+. The Bertz CT molecular complexity index is 574. The molecule has 1 nitrogen and oxygen atoms in total. The monoisotopic (exact) mass is 362 g/mol. The first-order valence-electron chi connectivity index (χ1n) is 10.0. The van der Waals surface area contributed by atoms with E-state index >= 15 is 0 Å². The fourth-order valence-electron chi connectivity index (χ4n) is 6.57. The Morgan fingerprint density at radius 2 is 1.58 bits per heavy atom. The van der Waals surface area contributed by atoms with Crippen molar-refractivity contribution in [1.29, 1.82) is 0 Å². The molecule has 0 spiro atoms. The van der Waals surface area contributed by atoms with Gasteiger partial charge < -0.3 is 4.48 Å². The molecule has 4 bridgehead atoms. The van der Waals surface area contributed by atoms with Crippen molar-refractivity contribution in [1.82, 2.24) is 0 Å². The van der Waals surface area contributed by atoms with Crippen molar-refractivity contribution in [2.75, 3.05) is 14.1 Å². The van der Waals surface area contributed by atoms with Crippen LogP contribution in [0.2, 0.25) is 19.6 Å². The van der Waals surface area contributed by atoms with Crippen LogP contribution in [0.15, 0.2) is 11.4 Å². The van der Waals surface area contributed by atoms with Gasteiger partial charge in [-0.15, -0.1) is 11.3 Å². The Morgan fingerprint density at radius 1 is 1.04 bits per heavy atom. The van der Waals surface area contributed by atoms with Crippen LogP contribution in [0.5, 0.6) is 0 Å². The summed E-state index contributed by atoms with van der Waals surface area (Å²) < 4.78 is 1.25. The molecule has 0 aromatic carbocycles. The van der Waals surface area contributed by atoms with E-state index < -0.39 is 8.07 Å². The predicted octanol–water partition coefficient (Wildman–Crippen LogP) is 5.71. The molecule has 3 heteroatoms. The molecule has 0 N–H and O–H groups in total. The van der Waals surface area contributed by atoms with E-state index in [1.807, 2.05) is 11.3 Å². The van der Waals surface area contributed by atoms with Gasteiger partial charge in [0.05, 0.1) is 24.5 Å². The minimum Gasteiger partial charge on any atom is -0.319 e. The summed E-state index contributed by atoms with van der Waals surface area (Å²) in [5.74, 6) is 3.16. The average Bonchev–Trinajstić information content (AvgIpc) is 2.81. The second kappa shape index (κ2) is 5.69. The number of hydrogen-bond donors (Lipinski definition) is 0. The summed E-state index contributed by atoms with van der Waals surface area (Å²) in [7, 11) is 4.08. The zero-order valence-electron chi connectivity index (χ0n) is 16.4. The van der Waals surface area contributed by atoms with Crippen molar-refractivity contribution in [2.24, 2.45) is 17.8 Å². The first kappa shape index (κ1) is 17.3. The Hall–Kier alpha value is -0.123. The number of quaternary nitrogens is 1. The molecule has 1 aromatic rings. The summed E-state index contributed by atoms with van der Waals surface area (Å²) in [5, 5.41) is 2.35. The highest BCUT2D eigenvalue weighted by Gasteiger charge is 2.58. The van der Waals surface area contributed by atoms with Crippen molar-refractivity contribution in [3.63, 3.8) is 0 Å². The lowest BCUT2D eigenvalue weighted by molar-refractivity contribution is -0.959. The summed E-state index contributed by atoms with van der Waals surface area (Å²) >= 11 is 2.03. The van der Waals surface area contributed by atoms with Gasteiger partial charge in [-0.1, -0.05) is 19.6 Å². The Kier molecular flexibility index (Phi) is 4.10. The first-order chi connectivity index (χ1) is 11.2. The second-order valence-corrected chi connectivity index (χ2v) is 17.6. The third-order valence-electron chi connectivity index (χ3n) is 7.39. The van der Waals surface area contributed by atoms with Crippen molar-refractivity contribution >= 4 is 19.4 Å². The highest BCUT2D eigenvalue weighted by molar-refractivity contribution is 7.10. The maximum atomic E-state index is 2.56. The molecule has 4 aliphatic rings. The molecule has 0 radical (unpaired) electrons. The number of thiophene rings is 1. The Labute approximate surface area is 154 Å². The fourth-order valence-corrected chi connectivity index (χ4v) is 9.26. The summed E-state index contributed by atoms with van der Waals surface area (Å²) in [5.41, 5.74) is 2.27. The first-order valence-corrected chi connectivity index (χ1v) is 14.6. The molecule has 1 aromatic heterocycles. The quantitative estimate of drug-likeness (QED) is 0.464. The highest BCUT2D eigenvalue weighted by atomic mass is 32.1. The summed E-state index contributed by atoms with van der Waals surface area (Å²) in [4.78, 5) is 1.69. The van der Waals surface area contributed by atoms with E-state index in [-0.39, 0.29) is 0 Å². The fraction of sp³-hybridized carbons (Fsp3) is 0.810. The maximum absolute atomic E-state index is 2.56. The molecule has 4 aliphatic carbocycles. The second-order valence-electron chi connectivity index (χ2n) is 11.1. The third kappa shape index (κ3) is 3.05. The van der Waals surface area contributed by atoms with Crippen molar-refractivity contribution < 1.29 is 4.48 Å². The van der Waals surface area contributed by atoms with Gasteiger partial charge in [0.2, 0.25) is 0 Å². The molecule has 0 amide bonds. The minimum atomic E-state index is -1.04. The van der Waals surface area contributed by atoms with Crippen LogP contribution >= 0.6 is 11.3 Å². The molecule has 0 atom stereocenters. The maximum Gasteiger partial charge on any atom is 0.114 e. The Balaban J connectivity index is 1.57. The molecule has 0 unspecified atom stereocenters. The smallest absolute Gasteiger partial charge is 0.114 e. The number of hydrogen-bond acceptors (Lipinski definition) is 1. The normalized spacial score (nSPS) is 35.6.